The van der Waals surface area contributed by atoms with Crippen LogP contribution >= 0.6 is 23.2 Å². The fourth-order valence-electron chi connectivity index (χ4n) is 2.64. The van der Waals surface area contributed by atoms with Crippen LogP contribution in [0, 0.1) is 0 Å². The van der Waals surface area contributed by atoms with Crippen molar-refractivity contribution in [2.45, 2.75) is 39.2 Å². The molecule has 1 N–H and O–H groups in total. The van der Waals surface area contributed by atoms with E-state index >= 15 is 0 Å². The summed E-state index contributed by atoms with van der Waals surface area (Å²) in [5.41, 5.74) is 2.10. The number of rotatable bonds is 5. The second kappa shape index (κ2) is 7.84. The predicted octanol–water partition coefficient (Wildman–Crippen LogP) is 3.18. The highest BCUT2D eigenvalue weighted by Gasteiger charge is 2.22. The van der Waals surface area contributed by atoms with E-state index in [2.05, 4.69) is 5.32 Å². The fraction of sp³-hybridized carbons (Fsp3) is 0.500. The van der Waals surface area contributed by atoms with Crippen LogP contribution in [0.3, 0.4) is 0 Å². The molecule has 0 saturated carbocycles. The Morgan fingerprint density at radius 3 is 2.77 bits per heavy atom. The van der Waals surface area contributed by atoms with Crippen LogP contribution in [0.25, 0.3) is 0 Å². The minimum absolute atomic E-state index is 0.00280. The molecule has 4 nitrogen and oxygen atoms in total. The summed E-state index contributed by atoms with van der Waals surface area (Å²) in [7, 11) is 0. The van der Waals surface area contributed by atoms with Gasteiger partial charge in [0.05, 0.1) is 0 Å². The number of fused-ring (bicyclic) bond motifs is 1. The van der Waals surface area contributed by atoms with Gasteiger partial charge in [0.25, 0.3) is 0 Å². The molecule has 1 aromatic rings. The molecule has 2 rings (SSSR count). The highest BCUT2D eigenvalue weighted by atomic mass is 35.5. The fourth-order valence-corrected chi connectivity index (χ4v) is 3.23. The maximum atomic E-state index is 12.3. The molecule has 0 aromatic heterocycles. The molecule has 0 aliphatic carbocycles. The van der Waals surface area contributed by atoms with Gasteiger partial charge in [0.15, 0.2) is 0 Å². The smallest absolute Gasteiger partial charge is 0.222 e. The topological polar surface area (TPSA) is 49.4 Å². The molecule has 6 heteroatoms. The highest BCUT2D eigenvalue weighted by molar-refractivity contribution is 6.35. The molecule has 0 unspecified atom stereocenters. The zero-order valence-electron chi connectivity index (χ0n) is 12.6. The van der Waals surface area contributed by atoms with Crippen molar-refractivity contribution in [3.8, 4) is 0 Å². The highest BCUT2D eigenvalue weighted by Crippen LogP contribution is 2.30. The monoisotopic (exact) mass is 342 g/mol. The van der Waals surface area contributed by atoms with E-state index in [-0.39, 0.29) is 11.8 Å². The second-order valence-corrected chi connectivity index (χ2v) is 6.24. The lowest BCUT2D eigenvalue weighted by Crippen LogP contribution is -2.36. The number of hydrogen-bond donors (Lipinski definition) is 1. The summed E-state index contributed by atoms with van der Waals surface area (Å²) in [5.74, 6) is 0.0675. The Morgan fingerprint density at radius 2 is 2.05 bits per heavy atom. The van der Waals surface area contributed by atoms with E-state index in [4.69, 9.17) is 23.2 Å². The van der Waals surface area contributed by atoms with Crippen molar-refractivity contribution in [3.63, 3.8) is 0 Å². The lowest BCUT2D eigenvalue weighted by atomic mass is 9.99. The zero-order valence-corrected chi connectivity index (χ0v) is 14.1. The van der Waals surface area contributed by atoms with Crippen molar-refractivity contribution in [3.05, 3.63) is 33.3 Å². The first-order chi connectivity index (χ1) is 10.5. The first-order valence-electron chi connectivity index (χ1n) is 7.52. The largest absolute Gasteiger partial charge is 0.356 e. The molecule has 120 valence electrons. The molecular weight excluding hydrogens is 323 g/mol. The van der Waals surface area contributed by atoms with Crippen LogP contribution in [0.1, 0.15) is 37.3 Å². The maximum absolute atomic E-state index is 12.3. The van der Waals surface area contributed by atoms with Gasteiger partial charge in [-0.15, -0.1) is 0 Å². The summed E-state index contributed by atoms with van der Waals surface area (Å²) in [6.07, 6.45) is 2.11. The van der Waals surface area contributed by atoms with E-state index in [1.807, 2.05) is 13.0 Å². The normalized spacial score (nSPS) is 13.7. The van der Waals surface area contributed by atoms with Crippen molar-refractivity contribution in [1.82, 2.24) is 10.2 Å². The molecule has 0 bridgehead atoms. The molecule has 1 aromatic carbocycles. The number of carbonyl (C=O) groups excluding carboxylic acids is 2. The standard InChI is InChI=1S/C16H20Cl2N2O2/c1-2-19-15(21)4-3-5-16(22)20-7-6-11-8-12(17)9-14(18)13(11)10-20/h8-9H,2-7,10H2,1H3,(H,19,21). The Morgan fingerprint density at radius 1 is 1.27 bits per heavy atom. The molecule has 1 aliphatic heterocycles. The van der Waals surface area contributed by atoms with Gasteiger partial charge in [-0.2, -0.15) is 0 Å². The van der Waals surface area contributed by atoms with E-state index in [0.29, 0.717) is 48.9 Å². The van der Waals surface area contributed by atoms with E-state index in [0.717, 1.165) is 17.5 Å². The van der Waals surface area contributed by atoms with Crippen molar-refractivity contribution in [1.29, 1.82) is 0 Å². The van der Waals surface area contributed by atoms with Gasteiger partial charge in [-0.3, -0.25) is 9.59 Å². The number of hydrogen-bond acceptors (Lipinski definition) is 2. The number of halogens is 2. The van der Waals surface area contributed by atoms with Crippen LogP contribution in [-0.4, -0.2) is 29.8 Å². The van der Waals surface area contributed by atoms with Crippen molar-refractivity contribution < 1.29 is 9.59 Å². The number of nitrogens with zero attached hydrogens (tertiary/aromatic N) is 1. The molecule has 1 aliphatic rings. The Labute approximate surface area is 140 Å². The van der Waals surface area contributed by atoms with Crippen LogP contribution in [0.2, 0.25) is 10.0 Å². The average Bonchev–Trinajstić information content (AvgIpc) is 2.47. The summed E-state index contributed by atoms with van der Waals surface area (Å²) < 4.78 is 0. The Kier molecular flexibility index (Phi) is 6.09. The summed E-state index contributed by atoms with van der Waals surface area (Å²) in [4.78, 5) is 25.4. The lowest BCUT2D eigenvalue weighted by Gasteiger charge is -2.29. The average molecular weight is 343 g/mol. The third-order valence-electron chi connectivity index (χ3n) is 3.77. The molecule has 0 fully saturated rings. The van der Waals surface area contributed by atoms with Gasteiger partial charge in [-0.05, 0) is 43.0 Å². The maximum Gasteiger partial charge on any atom is 0.222 e. The third-order valence-corrected chi connectivity index (χ3v) is 4.33. The Balaban J connectivity index is 1.89. The van der Waals surface area contributed by atoms with Crippen LogP contribution in [0.5, 0.6) is 0 Å². The predicted molar refractivity (Wildman–Crippen MR) is 88.1 cm³/mol. The summed E-state index contributed by atoms with van der Waals surface area (Å²) >= 11 is 12.2. The van der Waals surface area contributed by atoms with Gasteiger partial charge in [-0.25, -0.2) is 0 Å². The summed E-state index contributed by atoms with van der Waals surface area (Å²) in [6, 6.07) is 3.63. The summed E-state index contributed by atoms with van der Waals surface area (Å²) in [5, 5.41) is 3.97. The van der Waals surface area contributed by atoms with Gasteiger partial charge >= 0.3 is 0 Å². The number of amides is 2. The van der Waals surface area contributed by atoms with E-state index in [9.17, 15) is 9.59 Å². The zero-order chi connectivity index (χ0) is 16.1. The van der Waals surface area contributed by atoms with Crippen LogP contribution < -0.4 is 5.32 Å². The van der Waals surface area contributed by atoms with Gasteiger partial charge in [0.2, 0.25) is 11.8 Å². The molecule has 0 atom stereocenters. The molecule has 0 radical (unpaired) electrons. The first-order valence-corrected chi connectivity index (χ1v) is 8.28. The van der Waals surface area contributed by atoms with Gasteiger partial charge in [0.1, 0.15) is 0 Å². The third kappa shape index (κ3) is 4.37. The van der Waals surface area contributed by atoms with Gasteiger partial charge in [0, 0.05) is 42.5 Å². The van der Waals surface area contributed by atoms with Crippen molar-refractivity contribution in [2.75, 3.05) is 13.1 Å². The lowest BCUT2D eigenvalue weighted by molar-refractivity contribution is -0.132. The van der Waals surface area contributed by atoms with Crippen LogP contribution in [-0.2, 0) is 22.6 Å². The molecule has 2 amide bonds. The molecule has 1 heterocycles. The quantitative estimate of drug-likeness (QED) is 0.893. The second-order valence-electron chi connectivity index (χ2n) is 5.40. The number of carbonyl (C=O) groups is 2. The molecule has 0 saturated heterocycles. The number of benzene rings is 1. The molecule has 22 heavy (non-hydrogen) atoms. The minimum Gasteiger partial charge on any atom is -0.356 e. The van der Waals surface area contributed by atoms with Gasteiger partial charge in [-0.1, -0.05) is 23.2 Å². The van der Waals surface area contributed by atoms with E-state index in [1.54, 1.807) is 11.0 Å². The first kappa shape index (κ1) is 17.1. The Bertz CT molecular complexity index is 576. The minimum atomic E-state index is -0.00280. The van der Waals surface area contributed by atoms with E-state index in [1.165, 1.54) is 0 Å². The summed E-state index contributed by atoms with van der Waals surface area (Å²) in [6.45, 7) is 3.69. The number of nitrogens with one attached hydrogen (secondary N) is 1. The Hall–Kier alpha value is -1.26. The van der Waals surface area contributed by atoms with Crippen molar-refractivity contribution in [2.24, 2.45) is 0 Å². The van der Waals surface area contributed by atoms with Crippen LogP contribution in [0.4, 0.5) is 0 Å². The molecular formula is C16H20Cl2N2O2. The van der Waals surface area contributed by atoms with Crippen LogP contribution in [0.15, 0.2) is 12.1 Å². The SMILES string of the molecule is CCNC(=O)CCCC(=O)N1CCc2cc(Cl)cc(Cl)c2C1. The van der Waals surface area contributed by atoms with Crippen molar-refractivity contribution >= 4 is 35.0 Å². The molecule has 0 spiro atoms. The van der Waals surface area contributed by atoms with Gasteiger partial charge < -0.3 is 10.2 Å². The van der Waals surface area contributed by atoms with E-state index < -0.39 is 0 Å².